The number of unbranched alkanes of at least 4 members (excludes halogenated alkanes) is 1. The first-order valence-corrected chi connectivity index (χ1v) is 5.66. The molecule has 0 saturated heterocycles. The molecule has 4 N–H and O–H groups in total. The Morgan fingerprint density at radius 2 is 2.22 bits per heavy atom. The van der Waals surface area contributed by atoms with Crippen LogP contribution in [-0.4, -0.2) is 33.5 Å². The summed E-state index contributed by atoms with van der Waals surface area (Å²) in [5, 5.41) is 13.9. The van der Waals surface area contributed by atoms with Gasteiger partial charge in [-0.25, -0.2) is 4.98 Å². The van der Waals surface area contributed by atoms with Crippen molar-refractivity contribution in [3.63, 3.8) is 0 Å². The van der Waals surface area contributed by atoms with Crippen LogP contribution in [-0.2, 0) is 0 Å². The van der Waals surface area contributed by atoms with Crippen LogP contribution in [0.1, 0.15) is 35.4 Å². The molecule has 0 saturated carbocycles. The monoisotopic (exact) mass is 251 g/mol. The first kappa shape index (κ1) is 13.9. The average Bonchev–Trinajstić information content (AvgIpc) is 2.38. The maximum Gasteiger partial charge on any atom is 0.271 e. The third kappa shape index (κ3) is 4.77. The Bertz CT molecular complexity index is 416. The summed E-state index contributed by atoms with van der Waals surface area (Å²) >= 11 is 0. The number of nitrogens with zero attached hydrogens (tertiary/aromatic N) is 3. The Hall–Kier alpha value is -2.18. The van der Waals surface area contributed by atoms with Crippen LogP contribution in [0.5, 0.6) is 0 Å². The fourth-order valence-corrected chi connectivity index (χ4v) is 1.28. The average molecular weight is 251 g/mol. The quantitative estimate of drug-likeness (QED) is 0.223. The second-order valence-corrected chi connectivity index (χ2v) is 3.85. The van der Waals surface area contributed by atoms with E-state index < -0.39 is 0 Å². The van der Waals surface area contributed by atoms with E-state index in [0.29, 0.717) is 18.7 Å². The molecule has 0 aliphatic carbocycles. The van der Waals surface area contributed by atoms with Gasteiger partial charge in [0.25, 0.3) is 5.91 Å². The number of carbonyl (C=O) groups excluding carboxylic acids is 1. The predicted molar refractivity (Wildman–Crippen MR) is 66.4 cm³/mol. The van der Waals surface area contributed by atoms with Crippen molar-refractivity contribution in [2.75, 3.05) is 6.54 Å². The van der Waals surface area contributed by atoms with Crippen LogP contribution < -0.4 is 11.1 Å². The number of oxime groups is 1. The molecule has 98 valence electrons. The Morgan fingerprint density at radius 3 is 2.83 bits per heavy atom. The minimum atomic E-state index is -0.244. The molecule has 0 atom stereocenters. The molecule has 7 nitrogen and oxygen atoms in total. The number of amidine groups is 1. The zero-order valence-corrected chi connectivity index (χ0v) is 10.3. The van der Waals surface area contributed by atoms with Crippen LogP contribution in [0.3, 0.4) is 0 Å². The second-order valence-electron chi connectivity index (χ2n) is 3.85. The van der Waals surface area contributed by atoms with E-state index >= 15 is 0 Å². The van der Waals surface area contributed by atoms with Crippen molar-refractivity contribution in [2.24, 2.45) is 10.9 Å². The highest BCUT2D eigenvalue weighted by Crippen LogP contribution is 1.96. The summed E-state index contributed by atoms with van der Waals surface area (Å²) in [7, 11) is 0. The lowest BCUT2D eigenvalue weighted by molar-refractivity contribution is 0.0947. The largest absolute Gasteiger partial charge is 0.409 e. The Labute approximate surface area is 105 Å². The summed E-state index contributed by atoms with van der Waals surface area (Å²) < 4.78 is 0. The number of rotatable bonds is 6. The lowest BCUT2D eigenvalue weighted by atomic mass is 10.2. The summed E-state index contributed by atoms with van der Waals surface area (Å²) in [6.07, 6.45) is 5.00. The highest BCUT2D eigenvalue weighted by Gasteiger charge is 2.06. The SMILES string of the molecule is Cc1cnc(C(=O)NCCCCC(N)=NO)cn1. The molecule has 1 rings (SSSR count). The number of hydrogen-bond donors (Lipinski definition) is 3. The van der Waals surface area contributed by atoms with Crippen LogP contribution in [0, 0.1) is 6.92 Å². The van der Waals surface area contributed by atoms with E-state index in [0.717, 1.165) is 18.5 Å². The highest BCUT2D eigenvalue weighted by atomic mass is 16.4. The van der Waals surface area contributed by atoms with Crippen LogP contribution in [0.4, 0.5) is 0 Å². The zero-order valence-electron chi connectivity index (χ0n) is 10.3. The third-order valence-electron chi connectivity index (χ3n) is 2.29. The maximum atomic E-state index is 11.6. The molecule has 18 heavy (non-hydrogen) atoms. The molecule has 0 fully saturated rings. The molecule has 0 aromatic carbocycles. The van der Waals surface area contributed by atoms with E-state index in [1.165, 1.54) is 6.20 Å². The van der Waals surface area contributed by atoms with Crippen molar-refractivity contribution >= 4 is 11.7 Å². The lowest BCUT2D eigenvalue weighted by Crippen LogP contribution is -2.25. The number of nitrogens with two attached hydrogens (primary N) is 1. The zero-order chi connectivity index (χ0) is 13.4. The van der Waals surface area contributed by atoms with Gasteiger partial charge in [-0.15, -0.1) is 0 Å². The van der Waals surface area contributed by atoms with Gasteiger partial charge in [0.2, 0.25) is 0 Å². The molecule has 0 unspecified atom stereocenters. The first-order valence-electron chi connectivity index (χ1n) is 5.66. The summed E-state index contributed by atoms with van der Waals surface area (Å²) in [5.41, 5.74) is 6.39. The normalized spacial score (nSPS) is 11.3. The van der Waals surface area contributed by atoms with E-state index in [9.17, 15) is 4.79 Å². The third-order valence-corrected chi connectivity index (χ3v) is 2.29. The molecular formula is C11H17N5O2. The number of nitrogens with one attached hydrogen (secondary N) is 1. The van der Waals surface area contributed by atoms with Crippen molar-refractivity contribution in [2.45, 2.75) is 26.2 Å². The fraction of sp³-hybridized carbons (Fsp3) is 0.455. The van der Waals surface area contributed by atoms with Crippen molar-refractivity contribution in [1.29, 1.82) is 0 Å². The van der Waals surface area contributed by atoms with Crippen LogP contribution >= 0.6 is 0 Å². The van der Waals surface area contributed by atoms with Gasteiger partial charge in [-0.3, -0.25) is 9.78 Å². The van der Waals surface area contributed by atoms with Crippen LogP contribution in [0.25, 0.3) is 0 Å². The molecular weight excluding hydrogens is 234 g/mol. The standard InChI is InChI=1S/C11H17N5O2/c1-8-6-15-9(7-14-8)11(17)13-5-3-2-4-10(12)16-18/h6-7,18H,2-5H2,1H3,(H2,12,16)(H,13,17). The van der Waals surface area contributed by atoms with E-state index in [-0.39, 0.29) is 11.7 Å². The number of amides is 1. The van der Waals surface area contributed by atoms with E-state index in [2.05, 4.69) is 20.4 Å². The van der Waals surface area contributed by atoms with Gasteiger partial charge < -0.3 is 16.3 Å². The lowest BCUT2D eigenvalue weighted by Gasteiger charge is -2.04. The Kier molecular flexibility index (Phi) is 5.56. The molecule has 1 heterocycles. The van der Waals surface area contributed by atoms with Crippen molar-refractivity contribution in [3.05, 3.63) is 23.8 Å². The van der Waals surface area contributed by atoms with Crippen LogP contribution in [0.2, 0.25) is 0 Å². The molecule has 7 heteroatoms. The van der Waals surface area contributed by atoms with E-state index in [1.54, 1.807) is 6.20 Å². The van der Waals surface area contributed by atoms with E-state index in [1.807, 2.05) is 6.92 Å². The van der Waals surface area contributed by atoms with E-state index in [4.69, 9.17) is 10.9 Å². The van der Waals surface area contributed by atoms with Crippen molar-refractivity contribution < 1.29 is 10.0 Å². The minimum absolute atomic E-state index is 0.200. The Balaban J connectivity index is 2.23. The molecule has 0 aliphatic heterocycles. The van der Waals surface area contributed by atoms with Gasteiger partial charge in [0, 0.05) is 19.2 Å². The van der Waals surface area contributed by atoms with Gasteiger partial charge in [-0.05, 0) is 19.8 Å². The molecule has 1 amide bonds. The molecule has 1 aromatic rings. The Morgan fingerprint density at radius 1 is 1.44 bits per heavy atom. The first-order chi connectivity index (χ1) is 8.63. The van der Waals surface area contributed by atoms with Gasteiger partial charge >= 0.3 is 0 Å². The molecule has 1 aromatic heterocycles. The molecule has 0 radical (unpaired) electrons. The van der Waals surface area contributed by atoms with Crippen molar-refractivity contribution in [1.82, 2.24) is 15.3 Å². The number of aromatic nitrogens is 2. The molecule has 0 spiro atoms. The predicted octanol–water partition coefficient (Wildman–Crippen LogP) is 0.432. The van der Waals surface area contributed by atoms with Gasteiger partial charge in [0.1, 0.15) is 11.5 Å². The maximum absolute atomic E-state index is 11.6. The number of aryl methyl sites for hydroxylation is 1. The van der Waals surface area contributed by atoms with Crippen LogP contribution in [0.15, 0.2) is 17.5 Å². The number of carbonyl (C=O) groups is 1. The fourth-order valence-electron chi connectivity index (χ4n) is 1.28. The van der Waals surface area contributed by atoms with Gasteiger partial charge in [0.15, 0.2) is 0 Å². The smallest absolute Gasteiger partial charge is 0.271 e. The molecule has 0 aliphatic rings. The van der Waals surface area contributed by atoms with Gasteiger partial charge in [-0.1, -0.05) is 5.16 Å². The summed E-state index contributed by atoms with van der Waals surface area (Å²) in [5.74, 6) is -0.0444. The minimum Gasteiger partial charge on any atom is -0.409 e. The summed E-state index contributed by atoms with van der Waals surface area (Å²) in [6.45, 7) is 2.33. The van der Waals surface area contributed by atoms with Gasteiger partial charge in [0.05, 0.1) is 11.9 Å². The topological polar surface area (TPSA) is 113 Å². The second kappa shape index (κ2) is 7.21. The van der Waals surface area contributed by atoms with Crippen molar-refractivity contribution in [3.8, 4) is 0 Å². The summed E-state index contributed by atoms with van der Waals surface area (Å²) in [6, 6.07) is 0. The number of hydrogen-bond acceptors (Lipinski definition) is 5. The van der Waals surface area contributed by atoms with Gasteiger partial charge in [-0.2, -0.15) is 0 Å². The highest BCUT2D eigenvalue weighted by molar-refractivity contribution is 5.91. The molecule has 0 bridgehead atoms. The summed E-state index contributed by atoms with van der Waals surface area (Å²) in [4.78, 5) is 19.6.